The molecule has 2 heteroatoms. The Labute approximate surface area is 97.7 Å². The Hall–Kier alpha value is -0.860. The molecule has 1 saturated carbocycles. The summed E-state index contributed by atoms with van der Waals surface area (Å²) in [5, 5.41) is 12.7. The van der Waals surface area contributed by atoms with Crippen LogP contribution in [0.5, 0.6) is 0 Å². The van der Waals surface area contributed by atoms with Gasteiger partial charge >= 0.3 is 0 Å². The SMILES string of the molecule is CC1CCC(NCc2cccc(CO)c2)C1. The molecule has 0 radical (unpaired) electrons. The van der Waals surface area contributed by atoms with Crippen molar-refractivity contribution in [1.82, 2.24) is 5.32 Å². The molecule has 0 bridgehead atoms. The van der Waals surface area contributed by atoms with Crippen LogP contribution in [-0.2, 0) is 13.2 Å². The molecule has 0 saturated heterocycles. The molecular weight excluding hydrogens is 198 g/mol. The molecule has 88 valence electrons. The molecule has 1 aliphatic carbocycles. The van der Waals surface area contributed by atoms with Gasteiger partial charge in [0.1, 0.15) is 0 Å². The van der Waals surface area contributed by atoms with Crippen LogP contribution >= 0.6 is 0 Å². The Morgan fingerprint density at radius 3 is 2.81 bits per heavy atom. The average molecular weight is 219 g/mol. The number of aliphatic hydroxyl groups excluding tert-OH is 1. The van der Waals surface area contributed by atoms with Gasteiger partial charge in [-0.1, -0.05) is 31.2 Å². The molecule has 2 atom stereocenters. The van der Waals surface area contributed by atoms with E-state index in [1.165, 1.54) is 24.8 Å². The van der Waals surface area contributed by atoms with Gasteiger partial charge in [0.05, 0.1) is 6.61 Å². The Bertz CT molecular complexity index is 337. The molecule has 0 heterocycles. The molecule has 2 unspecified atom stereocenters. The maximum atomic E-state index is 9.06. The summed E-state index contributed by atoms with van der Waals surface area (Å²) in [6, 6.07) is 8.85. The third-order valence-electron chi connectivity index (χ3n) is 3.46. The van der Waals surface area contributed by atoms with Gasteiger partial charge in [0.25, 0.3) is 0 Å². The maximum absolute atomic E-state index is 9.06. The van der Waals surface area contributed by atoms with Crippen LogP contribution in [-0.4, -0.2) is 11.1 Å². The zero-order chi connectivity index (χ0) is 11.4. The summed E-state index contributed by atoms with van der Waals surface area (Å²) in [5.74, 6) is 0.876. The summed E-state index contributed by atoms with van der Waals surface area (Å²) >= 11 is 0. The van der Waals surface area contributed by atoms with Gasteiger partial charge in [-0.05, 0) is 36.3 Å². The summed E-state index contributed by atoms with van der Waals surface area (Å²) in [6.07, 6.45) is 3.97. The largest absolute Gasteiger partial charge is 0.392 e. The monoisotopic (exact) mass is 219 g/mol. The number of hydrogen-bond donors (Lipinski definition) is 2. The number of aliphatic hydroxyl groups is 1. The third kappa shape index (κ3) is 3.06. The zero-order valence-corrected chi connectivity index (χ0v) is 9.95. The third-order valence-corrected chi connectivity index (χ3v) is 3.46. The van der Waals surface area contributed by atoms with Crippen molar-refractivity contribution in [2.45, 2.75) is 45.4 Å². The Kier molecular flexibility index (Phi) is 3.97. The second kappa shape index (κ2) is 5.46. The number of benzene rings is 1. The van der Waals surface area contributed by atoms with E-state index in [9.17, 15) is 0 Å². The van der Waals surface area contributed by atoms with Crippen molar-refractivity contribution in [3.63, 3.8) is 0 Å². The van der Waals surface area contributed by atoms with E-state index in [0.717, 1.165) is 18.0 Å². The van der Waals surface area contributed by atoms with E-state index < -0.39 is 0 Å². The van der Waals surface area contributed by atoms with Gasteiger partial charge in [0, 0.05) is 12.6 Å². The molecule has 2 N–H and O–H groups in total. The minimum Gasteiger partial charge on any atom is -0.392 e. The summed E-state index contributed by atoms with van der Waals surface area (Å²) in [6.45, 7) is 3.38. The van der Waals surface area contributed by atoms with Crippen LogP contribution in [0.1, 0.15) is 37.3 Å². The second-order valence-corrected chi connectivity index (χ2v) is 4.97. The van der Waals surface area contributed by atoms with E-state index in [1.807, 2.05) is 12.1 Å². The van der Waals surface area contributed by atoms with Crippen molar-refractivity contribution in [2.75, 3.05) is 0 Å². The first kappa shape index (κ1) is 11.6. The summed E-state index contributed by atoms with van der Waals surface area (Å²) in [4.78, 5) is 0. The highest BCUT2D eigenvalue weighted by atomic mass is 16.3. The Morgan fingerprint density at radius 2 is 2.12 bits per heavy atom. The predicted octanol–water partition coefficient (Wildman–Crippen LogP) is 2.46. The molecule has 1 aromatic carbocycles. The van der Waals surface area contributed by atoms with Crippen LogP contribution in [0.2, 0.25) is 0 Å². The standard InChI is InChI=1S/C14H21NO/c1-11-5-6-14(7-11)15-9-12-3-2-4-13(8-12)10-16/h2-4,8,11,14-16H,5-7,9-10H2,1H3. The number of hydrogen-bond acceptors (Lipinski definition) is 2. The van der Waals surface area contributed by atoms with Crippen LogP contribution in [0.3, 0.4) is 0 Å². The molecule has 0 aliphatic heterocycles. The van der Waals surface area contributed by atoms with E-state index in [-0.39, 0.29) is 6.61 Å². The average Bonchev–Trinajstić information content (AvgIpc) is 2.73. The fraction of sp³-hybridized carbons (Fsp3) is 0.571. The fourth-order valence-electron chi connectivity index (χ4n) is 2.49. The van der Waals surface area contributed by atoms with Gasteiger partial charge < -0.3 is 10.4 Å². The number of nitrogens with one attached hydrogen (secondary N) is 1. The van der Waals surface area contributed by atoms with Gasteiger partial charge in [-0.3, -0.25) is 0 Å². The lowest BCUT2D eigenvalue weighted by Gasteiger charge is -2.12. The molecule has 1 aliphatic rings. The lowest BCUT2D eigenvalue weighted by molar-refractivity contribution is 0.281. The summed E-state index contributed by atoms with van der Waals surface area (Å²) in [5.41, 5.74) is 2.27. The maximum Gasteiger partial charge on any atom is 0.0681 e. The van der Waals surface area contributed by atoms with E-state index in [4.69, 9.17) is 5.11 Å². The molecule has 2 nitrogen and oxygen atoms in total. The quantitative estimate of drug-likeness (QED) is 0.815. The van der Waals surface area contributed by atoms with Crippen molar-refractivity contribution in [3.8, 4) is 0 Å². The first-order chi connectivity index (χ1) is 7.78. The highest BCUT2D eigenvalue weighted by molar-refractivity contribution is 5.22. The Balaban J connectivity index is 1.84. The minimum atomic E-state index is 0.133. The van der Waals surface area contributed by atoms with Gasteiger partial charge in [-0.2, -0.15) is 0 Å². The lowest BCUT2D eigenvalue weighted by atomic mass is 10.1. The zero-order valence-electron chi connectivity index (χ0n) is 9.95. The Morgan fingerprint density at radius 1 is 1.31 bits per heavy atom. The summed E-state index contributed by atoms with van der Waals surface area (Å²) in [7, 11) is 0. The van der Waals surface area contributed by atoms with Gasteiger partial charge in [-0.15, -0.1) is 0 Å². The molecule has 2 rings (SSSR count). The molecule has 1 aromatic rings. The fourth-order valence-corrected chi connectivity index (χ4v) is 2.49. The molecule has 16 heavy (non-hydrogen) atoms. The first-order valence-electron chi connectivity index (χ1n) is 6.20. The molecular formula is C14H21NO. The number of rotatable bonds is 4. The van der Waals surface area contributed by atoms with Gasteiger partial charge in [0.15, 0.2) is 0 Å². The smallest absolute Gasteiger partial charge is 0.0681 e. The van der Waals surface area contributed by atoms with Crippen LogP contribution in [0.4, 0.5) is 0 Å². The van der Waals surface area contributed by atoms with Crippen molar-refractivity contribution in [3.05, 3.63) is 35.4 Å². The van der Waals surface area contributed by atoms with E-state index in [0.29, 0.717) is 6.04 Å². The minimum absolute atomic E-state index is 0.133. The molecule has 0 spiro atoms. The van der Waals surface area contributed by atoms with Crippen molar-refractivity contribution in [2.24, 2.45) is 5.92 Å². The van der Waals surface area contributed by atoms with Crippen molar-refractivity contribution >= 4 is 0 Å². The van der Waals surface area contributed by atoms with Crippen LogP contribution in [0.25, 0.3) is 0 Å². The second-order valence-electron chi connectivity index (χ2n) is 4.97. The normalized spacial score (nSPS) is 24.9. The highest BCUT2D eigenvalue weighted by Gasteiger charge is 2.20. The lowest BCUT2D eigenvalue weighted by Crippen LogP contribution is -2.25. The highest BCUT2D eigenvalue weighted by Crippen LogP contribution is 2.24. The molecule has 0 amide bonds. The summed E-state index contributed by atoms with van der Waals surface area (Å²) < 4.78 is 0. The topological polar surface area (TPSA) is 32.3 Å². The van der Waals surface area contributed by atoms with Crippen LogP contribution < -0.4 is 5.32 Å². The molecule has 0 aromatic heterocycles. The van der Waals surface area contributed by atoms with Crippen LogP contribution in [0, 0.1) is 5.92 Å². The van der Waals surface area contributed by atoms with E-state index in [1.54, 1.807) is 0 Å². The van der Waals surface area contributed by atoms with Crippen LogP contribution in [0.15, 0.2) is 24.3 Å². The van der Waals surface area contributed by atoms with E-state index >= 15 is 0 Å². The first-order valence-corrected chi connectivity index (χ1v) is 6.20. The van der Waals surface area contributed by atoms with Gasteiger partial charge in [-0.25, -0.2) is 0 Å². The molecule has 1 fully saturated rings. The van der Waals surface area contributed by atoms with Crippen molar-refractivity contribution in [1.29, 1.82) is 0 Å². The van der Waals surface area contributed by atoms with E-state index in [2.05, 4.69) is 24.4 Å². The predicted molar refractivity (Wildman–Crippen MR) is 66.0 cm³/mol. The van der Waals surface area contributed by atoms with Crippen molar-refractivity contribution < 1.29 is 5.11 Å². The van der Waals surface area contributed by atoms with Gasteiger partial charge in [0.2, 0.25) is 0 Å².